The van der Waals surface area contributed by atoms with Crippen LogP contribution in [0, 0.1) is 12.7 Å². The van der Waals surface area contributed by atoms with Gasteiger partial charge < -0.3 is 5.32 Å². The zero-order chi connectivity index (χ0) is 20.9. The maximum atomic E-state index is 14.0. The third kappa shape index (κ3) is 4.38. The first-order valence-electron chi connectivity index (χ1n) is 9.22. The van der Waals surface area contributed by atoms with Gasteiger partial charge in [0.15, 0.2) is 11.0 Å². The molecule has 0 bridgehead atoms. The van der Waals surface area contributed by atoms with E-state index >= 15 is 0 Å². The average molecular weight is 419 g/mol. The average Bonchev–Trinajstić information content (AvgIpc) is 3.19. The number of pyridine rings is 1. The van der Waals surface area contributed by atoms with Gasteiger partial charge in [0.05, 0.1) is 11.4 Å². The zero-order valence-electron chi connectivity index (χ0n) is 16.1. The van der Waals surface area contributed by atoms with Crippen molar-refractivity contribution in [2.75, 3.05) is 11.1 Å². The molecule has 0 saturated carbocycles. The van der Waals surface area contributed by atoms with Crippen LogP contribution >= 0.6 is 11.8 Å². The standard InChI is InChI=1S/C22H18FN5OS/c1-15-7-8-19(18(23)13-15)25-20(29)14-30-22-27-26-21(16-9-11-24-12-10-16)28(22)17-5-3-2-4-6-17/h2-13H,14H2,1H3,(H,25,29). The molecular formula is C22H18FN5OS. The van der Waals surface area contributed by atoms with E-state index < -0.39 is 5.82 Å². The van der Waals surface area contributed by atoms with E-state index in [1.165, 1.54) is 17.8 Å². The highest BCUT2D eigenvalue weighted by molar-refractivity contribution is 7.99. The van der Waals surface area contributed by atoms with Crippen LogP contribution in [0.25, 0.3) is 17.1 Å². The highest BCUT2D eigenvalue weighted by Gasteiger charge is 2.17. The van der Waals surface area contributed by atoms with Crippen LogP contribution in [-0.4, -0.2) is 31.4 Å². The third-order valence-electron chi connectivity index (χ3n) is 4.32. The number of rotatable bonds is 6. The van der Waals surface area contributed by atoms with E-state index in [-0.39, 0.29) is 17.3 Å². The quantitative estimate of drug-likeness (QED) is 0.466. The van der Waals surface area contributed by atoms with E-state index in [9.17, 15) is 9.18 Å². The van der Waals surface area contributed by atoms with Crippen LogP contribution in [0.4, 0.5) is 10.1 Å². The Morgan fingerprint density at radius 1 is 1.07 bits per heavy atom. The number of nitrogens with one attached hydrogen (secondary N) is 1. The maximum Gasteiger partial charge on any atom is 0.234 e. The lowest BCUT2D eigenvalue weighted by atomic mass is 10.2. The lowest BCUT2D eigenvalue weighted by molar-refractivity contribution is -0.113. The molecular weight excluding hydrogens is 401 g/mol. The molecule has 0 fully saturated rings. The Labute approximate surface area is 177 Å². The lowest BCUT2D eigenvalue weighted by Crippen LogP contribution is -2.15. The second-order valence-corrected chi connectivity index (χ2v) is 7.48. The number of para-hydroxylation sites is 1. The topological polar surface area (TPSA) is 72.7 Å². The van der Waals surface area contributed by atoms with Gasteiger partial charge in [0, 0.05) is 23.6 Å². The summed E-state index contributed by atoms with van der Waals surface area (Å²) >= 11 is 1.23. The summed E-state index contributed by atoms with van der Waals surface area (Å²) in [5, 5.41) is 11.8. The van der Waals surface area contributed by atoms with Crippen molar-refractivity contribution in [1.29, 1.82) is 0 Å². The van der Waals surface area contributed by atoms with Gasteiger partial charge in [-0.15, -0.1) is 10.2 Å². The minimum absolute atomic E-state index is 0.0641. The number of carbonyl (C=O) groups is 1. The van der Waals surface area contributed by atoms with E-state index in [1.807, 2.05) is 47.0 Å². The molecule has 0 radical (unpaired) electrons. The highest BCUT2D eigenvalue weighted by Crippen LogP contribution is 2.27. The van der Waals surface area contributed by atoms with Crippen LogP contribution in [0.1, 0.15) is 5.56 Å². The van der Waals surface area contributed by atoms with Crippen molar-refractivity contribution in [3.63, 3.8) is 0 Å². The predicted octanol–water partition coefficient (Wildman–Crippen LogP) is 4.51. The molecule has 0 spiro atoms. The minimum Gasteiger partial charge on any atom is -0.323 e. The number of hydrogen-bond donors (Lipinski definition) is 1. The third-order valence-corrected chi connectivity index (χ3v) is 5.25. The van der Waals surface area contributed by atoms with Gasteiger partial charge in [-0.3, -0.25) is 14.3 Å². The van der Waals surface area contributed by atoms with Crippen molar-refractivity contribution in [1.82, 2.24) is 19.7 Å². The fraction of sp³-hybridized carbons (Fsp3) is 0.0909. The molecule has 0 aliphatic heterocycles. The van der Waals surface area contributed by atoms with Crippen LogP contribution in [0.15, 0.2) is 78.2 Å². The van der Waals surface area contributed by atoms with Gasteiger partial charge in [0.25, 0.3) is 0 Å². The van der Waals surface area contributed by atoms with Gasteiger partial charge in [0.2, 0.25) is 5.91 Å². The first-order chi connectivity index (χ1) is 14.6. The molecule has 8 heteroatoms. The number of anilines is 1. The fourth-order valence-corrected chi connectivity index (χ4v) is 3.65. The Morgan fingerprint density at radius 3 is 2.57 bits per heavy atom. The van der Waals surface area contributed by atoms with E-state index in [0.717, 1.165) is 16.8 Å². The summed E-state index contributed by atoms with van der Waals surface area (Å²) in [7, 11) is 0. The molecule has 2 aromatic heterocycles. The Morgan fingerprint density at radius 2 is 1.83 bits per heavy atom. The van der Waals surface area contributed by atoms with Crippen molar-refractivity contribution in [2.24, 2.45) is 0 Å². The molecule has 0 aliphatic carbocycles. The molecule has 4 aromatic rings. The van der Waals surface area contributed by atoms with Crippen LogP contribution in [0.5, 0.6) is 0 Å². The van der Waals surface area contributed by atoms with Crippen molar-refractivity contribution in [3.8, 4) is 17.1 Å². The molecule has 0 unspecified atom stereocenters. The van der Waals surface area contributed by atoms with Gasteiger partial charge in [-0.05, 0) is 48.9 Å². The number of halogens is 1. The molecule has 6 nitrogen and oxygen atoms in total. The molecule has 1 amide bonds. The molecule has 0 saturated heterocycles. The van der Waals surface area contributed by atoms with Gasteiger partial charge in [-0.2, -0.15) is 0 Å². The summed E-state index contributed by atoms with van der Waals surface area (Å²) < 4.78 is 15.9. The number of aryl methyl sites for hydroxylation is 1. The molecule has 2 aromatic carbocycles. The van der Waals surface area contributed by atoms with Gasteiger partial charge in [-0.25, -0.2) is 4.39 Å². The predicted molar refractivity (Wildman–Crippen MR) is 115 cm³/mol. The summed E-state index contributed by atoms with van der Waals surface area (Å²) in [5.74, 6) is -0.0677. The van der Waals surface area contributed by atoms with Crippen molar-refractivity contribution in [2.45, 2.75) is 12.1 Å². The van der Waals surface area contributed by atoms with Crippen molar-refractivity contribution >= 4 is 23.4 Å². The first-order valence-corrected chi connectivity index (χ1v) is 10.2. The number of nitrogens with zero attached hydrogens (tertiary/aromatic N) is 4. The Balaban J connectivity index is 1.57. The second kappa shape index (κ2) is 8.87. The minimum atomic E-state index is -0.458. The van der Waals surface area contributed by atoms with Crippen LogP contribution in [-0.2, 0) is 4.79 Å². The molecule has 2 heterocycles. The van der Waals surface area contributed by atoms with Crippen molar-refractivity contribution in [3.05, 3.63) is 84.4 Å². The number of amides is 1. The Hall–Kier alpha value is -3.52. The maximum absolute atomic E-state index is 14.0. The highest BCUT2D eigenvalue weighted by atomic mass is 32.2. The number of hydrogen-bond acceptors (Lipinski definition) is 5. The lowest BCUT2D eigenvalue weighted by Gasteiger charge is -2.10. The zero-order valence-corrected chi connectivity index (χ0v) is 16.9. The monoisotopic (exact) mass is 419 g/mol. The van der Waals surface area contributed by atoms with Crippen molar-refractivity contribution < 1.29 is 9.18 Å². The summed E-state index contributed by atoms with van der Waals surface area (Å²) in [6.45, 7) is 1.79. The van der Waals surface area contributed by atoms with E-state index in [4.69, 9.17) is 0 Å². The normalized spacial score (nSPS) is 10.7. The molecule has 30 heavy (non-hydrogen) atoms. The van der Waals surface area contributed by atoms with Gasteiger partial charge in [0.1, 0.15) is 5.82 Å². The van der Waals surface area contributed by atoms with E-state index in [0.29, 0.717) is 11.0 Å². The number of carbonyl (C=O) groups excluding carboxylic acids is 1. The smallest absolute Gasteiger partial charge is 0.234 e. The van der Waals surface area contributed by atoms with E-state index in [1.54, 1.807) is 31.5 Å². The summed E-state index contributed by atoms with van der Waals surface area (Å²) in [4.78, 5) is 16.4. The summed E-state index contributed by atoms with van der Waals surface area (Å²) in [6, 6.07) is 18.1. The molecule has 150 valence electrons. The second-order valence-electron chi connectivity index (χ2n) is 6.53. The van der Waals surface area contributed by atoms with Gasteiger partial charge in [-0.1, -0.05) is 36.0 Å². The largest absolute Gasteiger partial charge is 0.323 e. The molecule has 1 N–H and O–H groups in total. The number of benzene rings is 2. The number of aromatic nitrogens is 4. The molecule has 0 atom stereocenters. The van der Waals surface area contributed by atoms with E-state index in [2.05, 4.69) is 20.5 Å². The molecule has 4 rings (SSSR count). The van der Waals surface area contributed by atoms with Gasteiger partial charge >= 0.3 is 0 Å². The summed E-state index contributed by atoms with van der Waals surface area (Å²) in [6.07, 6.45) is 3.38. The van der Waals surface area contributed by atoms with Crippen LogP contribution in [0.2, 0.25) is 0 Å². The SMILES string of the molecule is Cc1ccc(NC(=O)CSc2nnc(-c3ccncc3)n2-c2ccccc2)c(F)c1. The summed E-state index contributed by atoms with van der Waals surface area (Å²) in [5.41, 5.74) is 2.69. The Kier molecular flexibility index (Phi) is 5.85. The first kappa shape index (κ1) is 19.8. The molecule has 0 aliphatic rings. The fourth-order valence-electron chi connectivity index (χ4n) is 2.90. The number of thioether (sulfide) groups is 1. The Bertz CT molecular complexity index is 1160. The van der Waals surface area contributed by atoms with Crippen LogP contribution in [0.3, 0.4) is 0 Å². The van der Waals surface area contributed by atoms with Crippen LogP contribution < -0.4 is 5.32 Å².